The Morgan fingerprint density at radius 3 is 2.52 bits per heavy atom. The van der Waals surface area contributed by atoms with Gasteiger partial charge in [-0.3, -0.25) is 4.79 Å². The first-order valence-electron chi connectivity index (χ1n) is 6.39. The Labute approximate surface area is 123 Å². The van der Waals surface area contributed by atoms with Crippen LogP contribution in [0.25, 0.3) is 22.4 Å². The van der Waals surface area contributed by atoms with E-state index in [2.05, 4.69) is 15.0 Å². The lowest BCUT2D eigenvalue weighted by Crippen LogP contribution is -2.10. The van der Waals surface area contributed by atoms with E-state index in [1.165, 1.54) is 0 Å². The van der Waals surface area contributed by atoms with Crippen LogP contribution in [0.3, 0.4) is 0 Å². The summed E-state index contributed by atoms with van der Waals surface area (Å²) < 4.78 is 0. The molecule has 2 heterocycles. The number of hydrogen-bond acceptors (Lipinski definition) is 4. The number of aromatic hydroxyl groups is 1. The first-order chi connectivity index (χ1) is 9.75. The number of pyridine rings is 1. The van der Waals surface area contributed by atoms with Gasteiger partial charge in [-0.25, -0.2) is 9.97 Å². The van der Waals surface area contributed by atoms with Gasteiger partial charge in [0.15, 0.2) is 5.52 Å². The number of phenolic OH excluding ortho intramolecular Hbond substituents is 1. The number of nitrogens with zero attached hydrogens (tertiary/aromatic N) is 2. The summed E-state index contributed by atoms with van der Waals surface area (Å²) in [6, 6.07) is 10.1. The number of aromatic amines is 1. The number of benzene rings is 1. The fourth-order valence-electron chi connectivity index (χ4n) is 1.78. The summed E-state index contributed by atoms with van der Waals surface area (Å²) in [5.74, 6) is 0.405. The van der Waals surface area contributed by atoms with E-state index in [9.17, 15) is 9.90 Å². The quantitative estimate of drug-likeness (QED) is 0.718. The van der Waals surface area contributed by atoms with Crippen molar-refractivity contribution in [1.29, 1.82) is 0 Å². The Morgan fingerprint density at radius 2 is 1.81 bits per heavy atom. The molecule has 0 fully saturated rings. The second-order valence-electron chi connectivity index (χ2n) is 3.80. The van der Waals surface area contributed by atoms with Crippen molar-refractivity contribution in [3.8, 4) is 17.1 Å². The van der Waals surface area contributed by atoms with Crippen LogP contribution >= 0.6 is 0 Å². The van der Waals surface area contributed by atoms with Crippen molar-refractivity contribution in [3.63, 3.8) is 0 Å². The largest absolute Gasteiger partial charge is 0.507 e. The lowest BCUT2D eigenvalue weighted by molar-refractivity contribution is 0.477. The van der Waals surface area contributed by atoms with Crippen LogP contribution in [0, 0.1) is 0 Å². The second-order valence-corrected chi connectivity index (χ2v) is 3.80. The zero-order valence-corrected chi connectivity index (χ0v) is 11.3. The van der Waals surface area contributed by atoms with Gasteiger partial charge < -0.3 is 10.1 Å². The SMILES string of the molecule is C.CC.O=c1[nH]c(-c2ccccc2O)nc2cccnc12. The normalized spacial score (nSPS) is 9.43. The van der Waals surface area contributed by atoms with Crippen LogP contribution < -0.4 is 5.56 Å². The van der Waals surface area contributed by atoms with Crippen molar-refractivity contribution in [2.75, 3.05) is 0 Å². The Bertz CT molecular complexity index is 782. The van der Waals surface area contributed by atoms with Crippen LogP contribution in [-0.4, -0.2) is 20.1 Å². The molecule has 5 heteroatoms. The minimum atomic E-state index is -0.321. The molecule has 0 unspecified atom stereocenters. The van der Waals surface area contributed by atoms with Crippen LogP contribution in [0.4, 0.5) is 0 Å². The van der Waals surface area contributed by atoms with Gasteiger partial charge in [-0.05, 0) is 24.3 Å². The molecule has 0 radical (unpaired) electrons. The maximum Gasteiger partial charge on any atom is 0.277 e. The zero-order valence-electron chi connectivity index (χ0n) is 11.3. The van der Waals surface area contributed by atoms with Crippen molar-refractivity contribution in [2.45, 2.75) is 21.3 Å². The summed E-state index contributed by atoms with van der Waals surface area (Å²) in [5.41, 5.74) is 0.954. The van der Waals surface area contributed by atoms with E-state index >= 15 is 0 Å². The Balaban J connectivity index is 0.000000706. The molecule has 2 N–H and O–H groups in total. The number of fused-ring (bicyclic) bond motifs is 1. The fraction of sp³-hybridized carbons (Fsp3) is 0.188. The van der Waals surface area contributed by atoms with E-state index in [0.717, 1.165) is 0 Å². The van der Waals surface area contributed by atoms with Crippen molar-refractivity contribution in [2.24, 2.45) is 0 Å². The molecule has 3 rings (SSSR count). The Kier molecular flexibility index (Phi) is 5.60. The summed E-state index contributed by atoms with van der Waals surface area (Å²) in [6.07, 6.45) is 1.54. The molecule has 0 saturated heterocycles. The lowest BCUT2D eigenvalue weighted by atomic mass is 10.2. The monoisotopic (exact) mass is 285 g/mol. The van der Waals surface area contributed by atoms with Crippen LogP contribution in [0.2, 0.25) is 0 Å². The molecular weight excluding hydrogens is 266 g/mol. The molecule has 21 heavy (non-hydrogen) atoms. The van der Waals surface area contributed by atoms with E-state index in [1.54, 1.807) is 42.6 Å². The molecule has 2 aromatic heterocycles. The average molecular weight is 285 g/mol. The molecule has 0 aliphatic rings. The highest BCUT2D eigenvalue weighted by Crippen LogP contribution is 2.25. The summed E-state index contributed by atoms with van der Waals surface area (Å²) >= 11 is 0. The summed E-state index contributed by atoms with van der Waals surface area (Å²) in [7, 11) is 0. The van der Waals surface area contributed by atoms with Crippen molar-refractivity contribution in [3.05, 3.63) is 52.9 Å². The highest BCUT2D eigenvalue weighted by molar-refractivity contribution is 5.76. The summed E-state index contributed by atoms with van der Waals surface area (Å²) in [6.45, 7) is 4.00. The maximum absolute atomic E-state index is 11.8. The average Bonchev–Trinajstić information content (AvgIpc) is 2.50. The molecule has 0 aliphatic heterocycles. The van der Waals surface area contributed by atoms with Gasteiger partial charge >= 0.3 is 0 Å². The molecule has 0 saturated carbocycles. The third kappa shape index (κ3) is 3.25. The van der Waals surface area contributed by atoms with E-state index in [4.69, 9.17) is 0 Å². The van der Waals surface area contributed by atoms with E-state index in [1.807, 2.05) is 13.8 Å². The molecule has 0 bridgehead atoms. The minimum absolute atomic E-state index is 0. The van der Waals surface area contributed by atoms with E-state index in [0.29, 0.717) is 16.9 Å². The van der Waals surface area contributed by atoms with Crippen LogP contribution in [-0.2, 0) is 0 Å². The highest BCUT2D eigenvalue weighted by atomic mass is 16.3. The van der Waals surface area contributed by atoms with Crippen LogP contribution in [0.1, 0.15) is 21.3 Å². The first kappa shape index (κ1) is 16.4. The predicted molar refractivity (Wildman–Crippen MR) is 85.3 cm³/mol. The van der Waals surface area contributed by atoms with E-state index < -0.39 is 0 Å². The van der Waals surface area contributed by atoms with Gasteiger partial charge in [0.25, 0.3) is 5.56 Å². The van der Waals surface area contributed by atoms with Crippen molar-refractivity contribution in [1.82, 2.24) is 15.0 Å². The third-order valence-corrected chi connectivity index (χ3v) is 2.62. The second kappa shape index (κ2) is 7.19. The van der Waals surface area contributed by atoms with Gasteiger partial charge in [0.05, 0.1) is 11.1 Å². The zero-order chi connectivity index (χ0) is 14.5. The number of nitrogens with one attached hydrogen (secondary N) is 1. The maximum atomic E-state index is 11.8. The highest BCUT2D eigenvalue weighted by Gasteiger charge is 2.09. The molecule has 0 amide bonds. The van der Waals surface area contributed by atoms with Gasteiger partial charge in [-0.2, -0.15) is 0 Å². The molecule has 1 aromatic carbocycles. The number of phenols is 1. The molecule has 0 aliphatic carbocycles. The number of hydrogen-bond donors (Lipinski definition) is 2. The van der Waals surface area contributed by atoms with Crippen molar-refractivity contribution >= 4 is 11.0 Å². The molecular formula is C16H19N3O2. The third-order valence-electron chi connectivity index (χ3n) is 2.62. The molecule has 110 valence electrons. The topological polar surface area (TPSA) is 78.9 Å². The lowest BCUT2D eigenvalue weighted by Gasteiger charge is -2.04. The number of rotatable bonds is 1. The number of H-pyrrole nitrogens is 1. The van der Waals surface area contributed by atoms with Gasteiger partial charge in [0, 0.05) is 6.20 Å². The minimum Gasteiger partial charge on any atom is -0.507 e. The van der Waals surface area contributed by atoms with Gasteiger partial charge in [-0.1, -0.05) is 33.4 Å². The Hall–Kier alpha value is -2.69. The predicted octanol–water partition coefficient (Wildman–Crippen LogP) is 3.35. The fourth-order valence-corrected chi connectivity index (χ4v) is 1.78. The smallest absolute Gasteiger partial charge is 0.277 e. The first-order valence-corrected chi connectivity index (χ1v) is 6.39. The van der Waals surface area contributed by atoms with Crippen LogP contribution in [0.5, 0.6) is 5.75 Å². The molecule has 3 aromatic rings. The van der Waals surface area contributed by atoms with E-state index in [-0.39, 0.29) is 24.3 Å². The number of aromatic nitrogens is 3. The van der Waals surface area contributed by atoms with Crippen LogP contribution in [0.15, 0.2) is 47.4 Å². The number of para-hydroxylation sites is 1. The standard InChI is InChI=1S/C13H9N3O2.C2H6.CH4/c17-10-6-2-1-4-8(10)12-15-9-5-3-7-14-11(9)13(18)16-12;1-2;/h1-7,17H,(H,15,16,18);1-2H3;1H4. The molecule has 0 atom stereocenters. The van der Waals surface area contributed by atoms with Crippen molar-refractivity contribution < 1.29 is 5.11 Å². The molecule has 0 spiro atoms. The summed E-state index contributed by atoms with van der Waals surface area (Å²) in [5, 5.41) is 9.75. The Morgan fingerprint density at radius 1 is 1.10 bits per heavy atom. The van der Waals surface area contributed by atoms with Gasteiger partial charge in [-0.15, -0.1) is 0 Å². The van der Waals surface area contributed by atoms with Gasteiger partial charge in [0.2, 0.25) is 0 Å². The summed E-state index contributed by atoms with van der Waals surface area (Å²) in [4.78, 5) is 22.7. The molecule has 5 nitrogen and oxygen atoms in total. The van der Waals surface area contributed by atoms with Gasteiger partial charge in [0.1, 0.15) is 11.6 Å².